The number of amides is 1. The van der Waals surface area contributed by atoms with Crippen LogP contribution in [0.1, 0.15) is 11.1 Å². The molecule has 0 bridgehead atoms. The number of likely N-dealkylation sites (N-methyl/N-ethyl adjacent to an activating group) is 1. The predicted octanol–water partition coefficient (Wildman–Crippen LogP) is 0.173. The molecule has 2 rings (SSSR count). The highest BCUT2D eigenvalue weighted by molar-refractivity contribution is 7.88. The van der Waals surface area contributed by atoms with Crippen LogP contribution in [-0.4, -0.2) is 63.3 Å². The third-order valence-corrected chi connectivity index (χ3v) is 5.48. The van der Waals surface area contributed by atoms with Crippen molar-refractivity contribution in [1.82, 2.24) is 14.5 Å². The Hall–Kier alpha value is -1.66. The Bertz CT molecular complexity index is 712. The van der Waals surface area contributed by atoms with E-state index in [1.165, 1.54) is 7.05 Å². The molecule has 1 aliphatic rings. The van der Waals surface area contributed by atoms with Crippen LogP contribution in [0, 0.1) is 11.3 Å². The average Bonchev–Trinajstić information content (AvgIpc) is 2.55. The molecule has 9 heteroatoms. The number of hydrogen-bond acceptors (Lipinski definition) is 5. The molecule has 1 fully saturated rings. The number of piperazine rings is 1. The van der Waals surface area contributed by atoms with Gasteiger partial charge in [0.05, 0.1) is 23.9 Å². The molecule has 1 aliphatic heterocycles. The maximum absolute atomic E-state index is 12.4. The number of sulfonamides is 1. The van der Waals surface area contributed by atoms with Crippen LogP contribution in [0.15, 0.2) is 24.3 Å². The first kappa shape index (κ1) is 20.4. The number of hydrogen-bond donors (Lipinski definition) is 1. The second kappa shape index (κ2) is 8.99. The van der Waals surface area contributed by atoms with Gasteiger partial charge in [-0.25, -0.2) is 8.42 Å². The van der Waals surface area contributed by atoms with Gasteiger partial charge in [-0.15, -0.1) is 12.4 Å². The van der Waals surface area contributed by atoms with Crippen LogP contribution in [0.25, 0.3) is 0 Å². The molecule has 0 atom stereocenters. The van der Waals surface area contributed by atoms with Gasteiger partial charge in [-0.2, -0.15) is 9.57 Å². The molecule has 132 valence electrons. The van der Waals surface area contributed by atoms with Gasteiger partial charge in [0.15, 0.2) is 0 Å². The number of nitrogens with zero attached hydrogens (tertiary/aromatic N) is 3. The highest BCUT2D eigenvalue weighted by Crippen LogP contribution is 2.12. The van der Waals surface area contributed by atoms with Gasteiger partial charge in [-0.1, -0.05) is 12.1 Å². The maximum atomic E-state index is 12.4. The number of halogens is 1. The Morgan fingerprint density at radius 2 is 2.04 bits per heavy atom. The minimum atomic E-state index is -3.61. The summed E-state index contributed by atoms with van der Waals surface area (Å²) in [7, 11) is -2.20. The molecule has 0 aromatic heterocycles. The lowest BCUT2D eigenvalue weighted by Crippen LogP contribution is -2.49. The standard InChI is InChI=1S/C15H20N4O3S.ClH/c1-18(11-15(20)19-7-5-17-6-8-19)23(21,22)12-14-4-2-3-13(9-14)10-16;/h2-4,9,17H,5-8,11-12H2,1H3;1H. The number of carbonyl (C=O) groups is 1. The molecule has 0 aliphatic carbocycles. The van der Waals surface area contributed by atoms with Crippen molar-refractivity contribution in [3.8, 4) is 6.07 Å². The summed E-state index contributed by atoms with van der Waals surface area (Å²) in [6.45, 7) is 2.47. The summed E-state index contributed by atoms with van der Waals surface area (Å²) in [6.07, 6.45) is 0. The zero-order chi connectivity index (χ0) is 16.9. The van der Waals surface area contributed by atoms with Crippen LogP contribution in [0.5, 0.6) is 0 Å². The summed E-state index contributed by atoms with van der Waals surface area (Å²) in [4.78, 5) is 13.8. The van der Waals surface area contributed by atoms with Gasteiger partial charge in [0, 0.05) is 33.2 Å². The van der Waals surface area contributed by atoms with Crippen molar-refractivity contribution in [1.29, 1.82) is 5.26 Å². The molecule has 0 radical (unpaired) electrons. The molecule has 7 nitrogen and oxygen atoms in total. The van der Waals surface area contributed by atoms with E-state index in [0.717, 1.165) is 17.4 Å². The van der Waals surface area contributed by atoms with Crippen LogP contribution in [-0.2, 0) is 20.6 Å². The fourth-order valence-electron chi connectivity index (χ4n) is 2.35. The van der Waals surface area contributed by atoms with E-state index in [0.29, 0.717) is 24.2 Å². The Labute approximate surface area is 148 Å². The van der Waals surface area contributed by atoms with Crippen molar-refractivity contribution in [2.24, 2.45) is 0 Å². The Morgan fingerprint density at radius 3 is 2.67 bits per heavy atom. The zero-order valence-corrected chi connectivity index (χ0v) is 15.1. The first-order valence-electron chi connectivity index (χ1n) is 7.34. The second-order valence-corrected chi connectivity index (χ2v) is 7.53. The summed E-state index contributed by atoms with van der Waals surface area (Å²) in [5.41, 5.74) is 0.947. The molecule has 24 heavy (non-hydrogen) atoms. The van der Waals surface area contributed by atoms with Gasteiger partial charge >= 0.3 is 0 Å². The second-order valence-electron chi connectivity index (χ2n) is 5.46. The summed E-state index contributed by atoms with van der Waals surface area (Å²) >= 11 is 0. The van der Waals surface area contributed by atoms with E-state index >= 15 is 0 Å². The molecule has 1 heterocycles. The SMILES string of the molecule is CN(CC(=O)N1CCNCC1)S(=O)(=O)Cc1cccc(C#N)c1.Cl. The van der Waals surface area contributed by atoms with Gasteiger partial charge in [0.1, 0.15) is 0 Å². The van der Waals surface area contributed by atoms with Gasteiger partial charge in [-0.05, 0) is 17.7 Å². The molecule has 1 N–H and O–H groups in total. The minimum absolute atomic E-state index is 0. The molecule has 0 spiro atoms. The van der Waals surface area contributed by atoms with Crippen LogP contribution >= 0.6 is 12.4 Å². The smallest absolute Gasteiger partial charge is 0.237 e. The van der Waals surface area contributed by atoms with E-state index in [9.17, 15) is 13.2 Å². The van der Waals surface area contributed by atoms with Gasteiger partial charge in [0.2, 0.25) is 15.9 Å². The Morgan fingerprint density at radius 1 is 1.38 bits per heavy atom. The van der Waals surface area contributed by atoms with Crippen molar-refractivity contribution in [3.05, 3.63) is 35.4 Å². The highest BCUT2D eigenvalue weighted by atomic mass is 35.5. The zero-order valence-electron chi connectivity index (χ0n) is 13.4. The van der Waals surface area contributed by atoms with Crippen molar-refractivity contribution >= 4 is 28.3 Å². The van der Waals surface area contributed by atoms with E-state index in [4.69, 9.17) is 5.26 Å². The maximum Gasteiger partial charge on any atom is 0.237 e. The number of nitriles is 1. The van der Waals surface area contributed by atoms with E-state index in [2.05, 4.69) is 5.32 Å². The number of benzene rings is 1. The van der Waals surface area contributed by atoms with Gasteiger partial charge < -0.3 is 10.2 Å². The summed E-state index contributed by atoms with van der Waals surface area (Å²) < 4.78 is 25.8. The Kier molecular flexibility index (Phi) is 7.63. The summed E-state index contributed by atoms with van der Waals surface area (Å²) in [5.74, 6) is -0.420. The van der Waals surface area contributed by atoms with Gasteiger partial charge in [0.25, 0.3) is 0 Å². The molecule has 0 unspecified atom stereocenters. The van der Waals surface area contributed by atoms with E-state index in [-0.39, 0.29) is 30.6 Å². The minimum Gasteiger partial charge on any atom is -0.339 e. The first-order chi connectivity index (χ1) is 10.9. The van der Waals surface area contributed by atoms with Gasteiger partial charge in [-0.3, -0.25) is 4.79 Å². The molecule has 1 aromatic carbocycles. The number of rotatable bonds is 5. The average molecular weight is 373 g/mol. The lowest BCUT2D eigenvalue weighted by atomic mass is 10.2. The third kappa shape index (κ3) is 5.46. The highest BCUT2D eigenvalue weighted by Gasteiger charge is 2.24. The third-order valence-electron chi connectivity index (χ3n) is 3.71. The topological polar surface area (TPSA) is 93.5 Å². The summed E-state index contributed by atoms with van der Waals surface area (Å²) in [5, 5.41) is 12.0. The van der Waals surface area contributed by atoms with Crippen molar-refractivity contribution < 1.29 is 13.2 Å². The van der Waals surface area contributed by atoms with Crippen molar-refractivity contribution in [2.45, 2.75) is 5.75 Å². The van der Waals surface area contributed by atoms with E-state index in [1.807, 2.05) is 6.07 Å². The fourth-order valence-corrected chi connectivity index (χ4v) is 3.48. The van der Waals surface area contributed by atoms with Crippen LogP contribution < -0.4 is 5.32 Å². The van der Waals surface area contributed by atoms with Crippen molar-refractivity contribution in [2.75, 3.05) is 39.8 Å². The van der Waals surface area contributed by atoms with E-state index in [1.54, 1.807) is 29.2 Å². The molecule has 1 aromatic rings. The van der Waals surface area contributed by atoms with E-state index < -0.39 is 10.0 Å². The molecule has 0 saturated carbocycles. The predicted molar refractivity (Wildman–Crippen MR) is 93.1 cm³/mol. The summed E-state index contributed by atoms with van der Waals surface area (Å²) in [6, 6.07) is 8.45. The quantitative estimate of drug-likeness (QED) is 0.795. The molecular formula is C15H21ClN4O3S. The normalized spacial score (nSPS) is 14.8. The van der Waals surface area contributed by atoms with Crippen LogP contribution in [0.4, 0.5) is 0 Å². The lowest BCUT2D eigenvalue weighted by Gasteiger charge is -2.29. The van der Waals surface area contributed by atoms with Crippen molar-refractivity contribution in [3.63, 3.8) is 0 Å². The largest absolute Gasteiger partial charge is 0.339 e. The number of nitrogens with one attached hydrogen (secondary N) is 1. The lowest BCUT2D eigenvalue weighted by molar-refractivity contribution is -0.131. The molecule has 1 amide bonds. The monoisotopic (exact) mass is 372 g/mol. The first-order valence-corrected chi connectivity index (χ1v) is 8.95. The number of carbonyl (C=O) groups excluding carboxylic acids is 1. The van der Waals surface area contributed by atoms with Crippen LogP contribution in [0.3, 0.4) is 0 Å². The fraction of sp³-hybridized carbons (Fsp3) is 0.467. The molecular weight excluding hydrogens is 352 g/mol. The van der Waals surface area contributed by atoms with Crippen LogP contribution in [0.2, 0.25) is 0 Å². The molecule has 1 saturated heterocycles. The Balaban J connectivity index is 0.00000288.